The molecule has 0 bridgehead atoms. The number of rotatable bonds is 5. The molecule has 0 aliphatic heterocycles. The fourth-order valence-corrected chi connectivity index (χ4v) is 2.83. The van der Waals surface area contributed by atoms with Crippen molar-refractivity contribution >= 4 is 33.6 Å². The lowest BCUT2D eigenvalue weighted by Crippen LogP contribution is -2.38. The van der Waals surface area contributed by atoms with Gasteiger partial charge in [0.15, 0.2) is 0 Å². The van der Waals surface area contributed by atoms with Crippen LogP contribution in [0.1, 0.15) is 17.3 Å². The molecule has 110 valence electrons. The van der Waals surface area contributed by atoms with E-state index in [1.54, 1.807) is 0 Å². The third kappa shape index (κ3) is 3.69. The highest BCUT2D eigenvalue weighted by Crippen LogP contribution is 2.21. The highest BCUT2D eigenvalue weighted by molar-refractivity contribution is 7.89. The van der Waals surface area contributed by atoms with Gasteiger partial charge < -0.3 is 9.84 Å². The van der Waals surface area contributed by atoms with E-state index in [1.807, 2.05) is 4.72 Å². The number of benzene rings is 1. The van der Waals surface area contributed by atoms with Gasteiger partial charge in [-0.15, -0.1) is 0 Å². The van der Waals surface area contributed by atoms with E-state index in [-0.39, 0.29) is 15.5 Å². The molecule has 1 atom stereocenters. The molecule has 9 heteroatoms. The number of hydrogen-bond acceptors (Lipinski definition) is 5. The van der Waals surface area contributed by atoms with Crippen LogP contribution >= 0.6 is 11.6 Å². The Balaban J connectivity index is 3.12. The molecule has 0 aliphatic carbocycles. The summed E-state index contributed by atoms with van der Waals surface area (Å²) < 4.78 is 30.2. The summed E-state index contributed by atoms with van der Waals surface area (Å²) in [5.74, 6) is -2.02. The molecule has 7 nitrogen and oxygen atoms in total. The zero-order valence-electron chi connectivity index (χ0n) is 10.6. The van der Waals surface area contributed by atoms with Gasteiger partial charge in [0.25, 0.3) is 0 Å². The average Bonchev–Trinajstić information content (AvgIpc) is 2.37. The smallest absolute Gasteiger partial charge is 0.339 e. The summed E-state index contributed by atoms with van der Waals surface area (Å²) in [5.41, 5.74) is 0.0133. The van der Waals surface area contributed by atoms with Crippen molar-refractivity contribution in [2.45, 2.75) is 17.9 Å². The van der Waals surface area contributed by atoms with E-state index in [0.717, 1.165) is 12.1 Å². The molecule has 0 radical (unpaired) electrons. The Hall–Kier alpha value is -1.64. The van der Waals surface area contributed by atoms with Gasteiger partial charge in [0.05, 0.1) is 22.6 Å². The molecule has 0 fully saturated rings. The Morgan fingerprint density at radius 2 is 2.00 bits per heavy atom. The van der Waals surface area contributed by atoms with Crippen LogP contribution in [-0.4, -0.2) is 38.6 Å². The van der Waals surface area contributed by atoms with Crippen molar-refractivity contribution in [3.63, 3.8) is 0 Å². The van der Waals surface area contributed by atoms with Crippen LogP contribution in [0.2, 0.25) is 5.02 Å². The molecule has 0 unspecified atom stereocenters. The predicted octanol–water partition coefficient (Wildman–Crippen LogP) is 0.878. The lowest BCUT2D eigenvalue weighted by Gasteiger charge is -2.11. The van der Waals surface area contributed by atoms with Crippen LogP contribution in [0.5, 0.6) is 0 Å². The Morgan fingerprint density at radius 3 is 2.45 bits per heavy atom. The minimum absolute atomic E-state index is 0.0133. The maximum atomic E-state index is 11.9. The summed E-state index contributed by atoms with van der Waals surface area (Å²) >= 11 is 5.80. The number of aliphatic carboxylic acids is 1. The first-order valence-corrected chi connectivity index (χ1v) is 7.18. The summed E-state index contributed by atoms with van der Waals surface area (Å²) in [6, 6.07) is 2.08. The van der Waals surface area contributed by atoms with Crippen LogP contribution < -0.4 is 4.72 Å². The number of hydrogen-bond donors (Lipinski definition) is 2. The number of carboxylic acid groups (broad SMARTS) is 1. The highest BCUT2D eigenvalue weighted by atomic mass is 35.5. The van der Waals surface area contributed by atoms with E-state index in [4.69, 9.17) is 16.7 Å². The minimum atomic E-state index is -4.04. The first kappa shape index (κ1) is 16.4. The van der Waals surface area contributed by atoms with E-state index >= 15 is 0 Å². The van der Waals surface area contributed by atoms with E-state index in [9.17, 15) is 18.0 Å². The maximum absolute atomic E-state index is 11.9. The number of ether oxygens (including phenoxy) is 1. The Bertz CT molecular complexity index is 642. The van der Waals surface area contributed by atoms with Gasteiger partial charge in [-0.05, 0) is 25.1 Å². The van der Waals surface area contributed by atoms with Crippen LogP contribution in [0.4, 0.5) is 0 Å². The summed E-state index contributed by atoms with van der Waals surface area (Å²) in [5, 5.41) is 8.57. The summed E-state index contributed by atoms with van der Waals surface area (Å²) in [7, 11) is -2.88. The minimum Gasteiger partial charge on any atom is -0.480 e. The lowest BCUT2D eigenvalue weighted by molar-refractivity contribution is -0.138. The van der Waals surface area contributed by atoms with Crippen LogP contribution in [-0.2, 0) is 19.6 Å². The molecule has 1 aromatic carbocycles. The zero-order valence-corrected chi connectivity index (χ0v) is 12.2. The fraction of sp³-hybridized carbons (Fsp3) is 0.273. The first-order chi connectivity index (χ1) is 9.19. The number of carbonyl (C=O) groups excluding carboxylic acids is 1. The van der Waals surface area contributed by atoms with Crippen molar-refractivity contribution in [2.24, 2.45) is 0 Å². The van der Waals surface area contributed by atoms with Crippen molar-refractivity contribution in [3.05, 3.63) is 28.8 Å². The number of sulfonamides is 1. The average molecular weight is 322 g/mol. The van der Waals surface area contributed by atoms with Crippen LogP contribution in [0, 0.1) is 0 Å². The molecule has 0 heterocycles. The van der Waals surface area contributed by atoms with Gasteiger partial charge in [-0.2, -0.15) is 4.72 Å². The molecule has 1 rings (SSSR count). The molecular formula is C11H12ClNO6S. The standard InChI is InChI=1S/C11H12ClNO6S/c1-6(10(14)15)13-20(17,18)7-3-4-8(9(12)5-7)11(16)19-2/h3-6,13H,1-2H3,(H,14,15)/t6-/m1/s1. The predicted molar refractivity (Wildman–Crippen MR) is 70.2 cm³/mol. The van der Waals surface area contributed by atoms with Gasteiger partial charge in [0, 0.05) is 0 Å². The third-order valence-electron chi connectivity index (χ3n) is 2.36. The Morgan fingerprint density at radius 1 is 1.40 bits per heavy atom. The number of esters is 1. The Kier molecular flexibility index (Phi) is 5.09. The third-order valence-corrected chi connectivity index (χ3v) is 4.21. The maximum Gasteiger partial charge on any atom is 0.339 e. The fourth-order valence-electron chi connectivity index (χ4n) is 1.29. The van der Waals surface area contributed by atoms with Crippen molar-refractivity contribution in [3.8, 4) is 0 Å². The van der Waals surface area contributed by atoms with Crippen molar-refractivity contribution in [1.82, 2.24) is 4.72 Å². The molecule has 0 saturated carbocycles. The molecule has 1 aromatic rings. The van der Waals surface area contributed by atoms with Gasteiger partial charge in [-0.1, -0.05) is 11.6 Å². The summed E-state index contributed by atoms with van der Waals surface area (Å²) in [4.78, 5) is 21.7. The quantitative estimate of drug-likeness (QED) is 0.779. The SMILES string of the molecule is COC(=O)c1ccc(S(=O)(=O)N[C@H](C)C(=O)O)cc1Cl. The van der Waals surface area contributed by atoms with Gasteiger partial charge >= 0.3 is 11.9 Å². The Labute approximate surface area is 120 Å². The van der Waals surface area contributed by atoms with Crippen molar-refractivity contribution < 1.29 is 27.9 Å². The molecule has 2 N–H and O–H groups in total. The van der Waals surface area contributed by atoms with Crippen LogP contribution in [0.25, 0.3) is 0 Å². The van der Waals surface area contributed by atoms with E-state index < -0.39 is 28.0 Å². The first-order valence-electron chi connectivity index (χ1n) is 5.32. The van der Waals surface area contributed by atoms with Crippen molar-refractivity contribution in [2.75, 3.05) is 7.11 Å². The second kappa shape index (κ2) is 6.21. The second-order valence-corrected chi connectivity index (χ2v) is 5.94. The molecular weight excluding hydrogens is 310 g/mol. The topological polar surface area (TPSA) is 110 Å². The molecule has 0 aliphatic rings. The van der Waals surface area contributed by atoms with Gasteiger partial charge in [0.2, 0.25) is 10.0 Å². The zero-order chi connectivity index (χ0) is 15.5. The molecule has 0 spiro atoms. The van der Waals surface area contributed by atoms with Crippen LogP contribution in [0.15, 0.2) is 23.1 Å². The number of halogens is 1. The molecule has 0 amide bonds. The number of carbonyl (C=O) groups is 2. The lowest BCUT2D eigenvalue weighted by atomic mass is 10.2. The summed E-state index contributed by atoms with van der Waals surface area (Å²) in [6.07, 6.45) is 0. The monoisotopic (exact) mass is 321 g/mol. The largest absolute Gasteiger partial charge is 0.480 e. The second-order valence-electron chi connectivity index (χ2n) is 3.81. The van der Waals surface area contributed by atoms with Gasteiger partial charge in [-0.25, -0.2) is 13.2 Å². The number of carboxylic acids is 1. The normalized spacial score (nSPS) is 12.8. The van der Waals surface area contributed by atoms with Gasteiger partial charge in [0.1, 0.15) is 6.04 Å². The number of methoxy groups -OCH3 is 1. The van der Waals surface area contributed by atoms with Gasteiger partial charge in [-0.3, -0.25) is 4.79 Å². The van der Waals surface area contributed by atoms with Crippen molar-refractivity contribution in [1.29, 1.82) is 0 Å². The van der Waals surface area contributed by atoms with E-state index in [0.29, 0.717) is 0 Å². The molecule has 0 saturated heterocycles. The molecule has 20 heavy (non-hydrogen) atoms. The molecule has 0 aromatic heterocycles. The van der Waals surface area contributed by atoms with Crippen LogP contribution in [0.3, 0.4) is 0 Å². The van der Waals surface area contributed by atoms with E-state index in [1.165, 1.54) is 20.1 Å². The highest BCUT2D eigenvalue weighted by Gasteiger charge is 2.23. The van der Waals surface area contributed by atoms with E-state index in [2.05, 4.69) is 4.74 Å². The summed E-state index contributed by atoms with van der Waals surface area (Å²) in [6.45, 7) is 1.18. The number of nitrogens with one attached hydrogen (secondary N) is 1.